The fraction of sp³-hybridized carbons (Fsp3) is 0.588. The molecule has 1 atom stereocenters. The average molecular weight is 345 g/mol. The molecule has 0 bridgehead atoms. The minimum Gasteiger partial charge on any atom is -0.335 e. The first-order valence-electron chi connectivity index (χ1n) is 8.11. The molecule has 1 N–H and O–H groups in total. The number of nitrogens with zero attached hydrogens (tertiary/aromatic N) is 1. The zero-order valence-electron chi connectivity index (χ0n) is 13.1. The second kappa shape index (κ2) is 8.06. The fourth-order valence-corrected chi connectivity index (χ4v) is 3.56. The number of hydrogen-bond acceptors (Lipinski definition) is 2. The van der Waals surface area contributed by atoms with Gasteiger partial charge in [-0.15, -0.1) is 12.4 Å². The largest absolute Gasteiger partial charge is 0.335 e. The number of carbonyl (C=O) groups is 1. The van der Waals surface area contributed by atoms with E-state index in [1.807, 2.05) is 0 Å². The van der Waals surface area contributed by atoms with Gasteiger partial charge in [0.25, 0.3) is 0 Å². The minimum absolute atomic E-state index is 0. The van der Waals surface area contributed by atoms with Crippen molar-refractivity contribution in [3.8, 4) is 0 Å². The van der Waals surface area contributed by atoms with E-state index in [-0.39, 0.29) is 42.4 Å². The average Bonchev–Trinajstić information content (AvgIpc) is 3.20. The molecule has 1 aliphatic carbocycles. The molecule has 0 aromatic heterocycles. The summed E-state index contributed by atoms with van der Waals surface area (Å²) in [5, 5.41) is 3.19. The predicted molar refractivity (Wildman–Crippen MR) is 87.4 cm³/mol. The molecule has 1 unspecified atom stereocenters. The van der Waals surface area contributed by atoms with Crippen molar-refractivity contribution in [2.45, 2.75) is 44.7 Å². The van der Waals surface area contributed by atoms with Crippen LogP contribution in [0.4, 0.5) is 8.78 Å². The van der Waals surface area contributed by atoms with E-state index in [1.165, 1.54) is 18.2 Å². The van der Waals surface area contributed by atoms with Crippen LogP contribution in [0, 0.1) is 17.6 Å². The van der Waals surface area contributed by atoms with Crippen LogP contribution in [0.25, 0.3) is 0 Å². The highest BCUT2D eigenvalue weighted by atomic mass is 35.5. The highest BCUT2D eigenvalue weighted by Gasteiger charge is 2.33. The van der Waals surface area contributed by atoms with E-state index in [1.54, 1.807) is 4.90 Å². The van der Waals surface area contributed by atoms with Crippen molar-refractivity contribution in [2.24, 2.45) is 5.92 Å². The Morgan fingerprint density at radius 2 is 1.83 bits per heavy atom. The topological polar surface area (TPSA) is 32.3 Å². The Hall–Kier alpha value is -1.20. The molecule has 1 saturated heterocycles. The molecule has 0 radical (unpaired) electrons. The normalized spacial score (nSPS) is 21.2. The van der Waals surface area contributed by atoms with E-state index >= 15 is 0 Å². The van der Waals surface area contributed by atoms with Gasteiger partial charge in [0.15, 0.2) is 0 Å². The van der Waals surface area contributed by atoms with Crippen LogP contribution in [0.1, 0.15) is 37.7 Å². The van der Waals surface area contributed by atoms with Crippen LogP contribution in [0.15, 0.2) is 18.2 Å². The second-order valence-corrected chi connectivity index (χ2v) is 6.29. The summed E-state index contributed by atoms with van der Waals surface area (Å²) in [6.45, 7) is 1.54. The maximum Gasteiger partial charge on any atom is 0.227 e. The van der Waals surface area contributed by atoms with Crippen LogP contribution in [0.5, 0.6) is 0 Å². The maximum atomic E-state index is 13.9. The number of halogens is 3. The molecule has 23 heavy (non-hydrogen) atoms. The van der Waals surface area contributed by atoms with Crippen LogP contribution in [-0.4, -0.2) is 29.9 Å². The van der Waals surface area contributed by atoms with Gasteiger partial charge in [0.05, 0.1) is 12.5 Å². The molecule has 128 valence electrons. The monoisotopic (exact) mass is 344 g/mol. The maximum absolute atomic E-state index is 13.9. The van der Waals surface area contributed by atoms with E-state index < -0.39 is 11.6 Å². The van der Waals surface area contributed by atoms with Crippen LogP contribution in [0.2, 0.25) is 0 Å². The lowest BCUT2D eigenvalue weighted by Gasteiger charge is -2.31. The molecule has 1 aromatic carbocycles. The van der Waals surface area contributed by atoms with E-state index in [2.05, 4.69) is 5.32 Å². The van der Waals surface area contributed by atoms with Gasteiger partial charge in [-0.2, -0.15) is 0 Å². The van der Waals surface area contributed by atoms with Crippen LogP contribution >= 0.6 is 12.4 Å². The van der Waals surface area contributed by atoms with Gasteiger partial charge >= 0.3 is 0 Å². The van der Waals surface area contributed by atoms with Gasteiger partial charge in [-0.05, 0) is 37.9 Å². The highest BCUT2D eigenvalue weighted by Crippen LogP contribution is 2.28. The summed E-state index contributed by atoms with van der Waals surface area (Å²) >= 11 is 0. The van der Waals surface area contributed by atoms with Gasteiger partial charge in [0, 0.05) is 18.2 Å². The Balaban J connectivity index is 0.00000192. The molecule has 3 nitrogen and oxygen atoms in total. The van der Waals surface area contributed by atoms with Gasteiger partial charge in [-0.3, -0.25) is 4.79 Å². The summed E-state index contributed by atoms with van der Waals surface area (Å²) in [6.07, 6.45) is 4.83. The quantitative estimate of drug-likeness (QED) is 0.909. The van der Waals surface area contributed by atoms with E-state index in [9.17, 15) is 13.6 Å². The lowest BCUT2D eigenvalue weighted by atomic mass is 10.0. The molecule has 6 heteroatoms. The van der Waals surface area contributed by atoms with Gasteiger partial charge in [0.2, 0.25) is 5.91 Å². The van der Waals surface area contributed by atoms with Crippen molar-refractivity contribution < 1.29 is 13.6 Å². The SMILES string of the molecule is Cl.O=C(C1CCNC1)N(Cc1c(F)cccc1F)C1CCCC1. The Labute approximate surface area is 141 Å². The summed E-state index contributed by atoms with van der Waals surface area (Å²) in [5.41, 5.74) is 0.00806. The van der Waals surface area contributed by atoms with E-state index in [0.717, 1.165) is 38.6 Å². The van der Waals surface area contributed by atoms with Crippen molar-refractivity contribution in [1.29, 1.82) is 0 Å². The first kappa shape index (κ1) is 18.1. The van der Waals surface area contributed by atoms with Gasteiger partial charge in [-0.25, -0.2) is 8.78 Å². The molecule has 2 fully saturated rings. The number of rotatable bonds is 4. The molecule has 1 aromatic rings. The number of amides is 1. The van der Waals surface area contributed by atoms with E-state index in [4.69, 9.17) is 0 Å². The van der Waals surface area contributed by atoms with Crippen LogP contribution in [0.3, 0.4) is 0 Å². The second-order valence-electron chi connectivity index (χ2n) is 6.29. The van der Waals surface area contributed by atoms with Crippen LogP contribution in [-0.2, 0) is 11.3 Å². The summed E-state index contributed by atoms with van der Waals surface area (Å²) in [5.74, 6) is -1.16. The lowest BCUT2D eigenvalue weighted by molar-refractivity contribution is -0.138. The summed E-state index contributed by atoms with van der Waals surface area (Å²) < 4.78 is 27.9. The minimum atomic E-state index is -0.569. The number of carbonyl (C=O) groups excluding carboxylic acids is 1. The first-order chi connectivity index (χ1) is 10.7. The zero-order chi connectivity index (χ0) is 15.5. The third-order valence-electron chi connectivity index (χ3n) is 4.85. The number of nitrogens with one attached hydrogen (secondary N) is 1. The molecule has 2 aliphatic rings. The lowest BCUT2D eigenvalue weighted by Crippen LogP contribution is -2.42. The van der Waals surface area contributed by atoms with Gasteiger partial charge < -0.3 is 10.2 Å². The van der Waals surface area contributed by atoms with Crippen molar-refractivity contribution >= 4 is 18.3 Å². The summed E-state index contributed by atoms with van der Waals surface area (Å²) in [7, 11) is 0. The fourth-order valence-electron chi connectivity index (χ4n) is 3.56. The Bertz CT molecular complexity index is 523. The molecule has 3 rings (SSSR count). The molecule has 1 aliphatic heterocycles. The third kappa shape index (κ3) is 4.01. The zero-order valence-corrected chi connectivity index (χ0v) is 13.9. The van der Waals surface area contributed by atoms with Gasteiger partial charge in [-0.1, -0.05) is 18.9 Å². The molecular formula is C17H23ClF2N2O. The molecule has 1 saturated carbocycles. The van der Waals surface area contributed by atoms with Crippen molar-refractivity contribution in [3.05, 3.63) is 35.4 Å². The molecule has 0 spiro atoms. The van der Waals surface area contributed by atoms with Crippen molar-refractivity contribution in [2.75, 3.05) is 13.1 Å². The molecular weight excluding hydrogens is 322 g/mol. The smallest absolute Gasteiger partial charge is 0.227 e. The predicted octanol–water partition coefficient (Wildman–Crippen LogP) is 3.27. The van der Waals surface area contributed by atoms with Crippen LogP contribution < -0.4 is 5.32 Å². The first-order valence-corrected chi connectivity index (χ1v) is 8.11. The van der Waals surface area contributed by atoms with Crippen molar-refractivity contribution in [3.63, 3.8) is 0 Å². The van der Waals surface area contributed by atoms with E-state index in [0.29, 0.717) is 6.54 Å². The highest BCUT2D eigenvalue weighted by molar-refractivity contribution is 5.85. The Morgan fingerprint density at radius 3 is 2.39 bits per heavy atom. The number of benzene rings is 1. The molecule has 1 amide bonds. The standard InChI is InChI=1S/C17H22F2N2O.ClH/c18-15-6-3-7-16(19)14(15)11-21(13-4-1-2-5-13)17(22)12-8-9-20-10-12;/h3,6-7,12-13,20H,1-2,4-5,8-11H2;1H. The van der Waals surface area contributed by atoms with Crippen molar-refractivity contribution in [1.82, 2.24) is 10.2 Å². The molecule has 1 heterocycles. The summed E-state index contributed by atoms with van der Waals surface area (Å²) in [6, 6.07) is 3.99. The number of hydrogen-bond donors (Lipinski definition) is 1. The third-order valence-corrected chi connectivity index (χ3v) is 4.85. The summed E-state index contributed by atoms with van der Waals surface area (Å²) in [4.78, 5) is 14.5. The van der Waals surface area contributed by atoms with Gasteiger partial charge in [0.1, 0.15) is 11.6 Å². The Morgan fingerprint density at radius 1 is 1.17 bits per heavy atom. The Kier molecular flexibility index (Phi) is 6.36.